The van der Waals surface area contributed by atoms with Crippen LogP contribution in [0.3, 0.4) is 0 Å². The molecule has 378 valence electrons. The summed E-state index contributed by atoms with van der Waals surface area (Å²) < 4.78 is 30.3. The lowest BCUT2D eigenvalue weighted by Crippen LogP contribution is -2.53. The fraction of sp³-hybridized carbons (Fsp3) is 0.288. The number of nitrogens with one attached hydrogen (secondary N) is 3. The lowest BCUT2D eigenvalue weighted by atomic mass is 9.76. The van der Waals surface area contributed by atoms with Crippen LogP contribution in [0, 0.1) is 11.3 Å². The van der Waals surface area contributed by atoms with Gasteiger partial charge in [0, 0.05) is 44.6 Å². The zero-order valence-corrected chi connectivity index (χ0v) is 42.1. The highest BCUT2D eigenvalue weighted by atomic mass is 32.5. The van der Waals surface area contributed by atoms with E-state index in [1.807, 2.05) is 84.2 Å². The number of anilines is 1. The number of nitriles is 1. The minimum Gasteiger partial charge on any atom is -0.394 e. The van der Waals surface area contributed by atoms with E-state index in [0.717, 1.165) is 16.7 Å². The molecule has 74 heavy (non-hydrogen) atoms. The molecule has 10 rings (SSSR count). The molecule has 0 aliphatic carbocycles. The van der Waals surface area contributed by atoms with E-state index in [1.54, 1.807) is 47.8 Å². The molecule has 2 saturated heterocycles. The maximum atomic E-state index is 13.1. The van der Waals surface area contributed by atoms with Gasteiger partial charge < -0.3 is 33.8 Å². The number of imidazole rings is 2. The zero-order chi connectivity index (χ0) is 51.1. The molecule has 22 heteroatoms. The minimum atomic E-state index is -3.52. The third kappa shape index (κ3) is 10.6. The van der Waals surface area contributed by atoms with Crippen molar-refractivity contribution in [3.63, 3.8) is 0 Å². The van der Waals surface area contributed by atoms with E-state index >= 15 is 0 Å². The van der Waals surface area contributed by atoms with Crippen LogP contribution in [0.5, 0.6) is 0 Å². The Morgan fingerprint density at radius 2 is 1.35 bits per heavy atom. The highest BCUT2D eigenvalue weighted by Gasteiger charge is 2.46. The van der Waals surface area contributed by atoms with Gasteiger partial charge in [-0.15, -0.1) is 0 Å². The number of aliphatic imine (C=N–C) groups is 1. The summed E-state index contributed by atoms with van der Waals surface area (Å²) in [4.78, 5) is 46.6. The number of aliphatic hydroxyl groups excluding tert-OH is 1. The van der Waals surface area contributed by atoms with Crippen molar-refractivity contribution < 1.29 is 28.4 Å². The number of nitrogens with zero attached hydrogens (tertiary/aromatic N) is 11. The Labute approximate surface area is 431 Å². The van der Waals surface area contributed by atoms with E-state index in [4.69, 9.17) is 35.3 Å². The Bertz CT molecular complexity index is 3210. The van der Waals surface area contributed by atoms with Gasteiger partial charge in [0.15, 0.2) is 34.0 Å². The molecule has 2 aliphatic rings. The summed E-state index contributed by atoms with van der Waals surface area (Å²) in [7, 11) is 3.75. The lowest BCUT2D eigenvalue weighted by Gasteiger charge is -2.40. The number of aliphatic hydroxyl groups is 1. The van der Waals surface area contributed by atoms with Crippen LogP contribution >= 0.6 is 6.64 Å². The number of aromatic nitrogens is 8. The lowest BCUT2D eigenvalue weighted by molar-refractivity contribution is -0.0265. The van der Waals surface area contributed by atoms with Gasteiger partial charge in [-0.3, -0.25) is 19.2 Å². The summed E-state index contributed by atoms with van der Waals surface area (Å²) in [6.45, 7) is -3.96. The Hall–Kier alpha value is -7.22. The van der Waals surface area contributed by atoms with Crippen molar-refractivity contribution in [2.75, 3.05) is 39.2 Å². The molecular weight excluding hydrogens is 980 g/mol. The number of carbonyl (C=O) groups excluding carboxylic acids is 1. The predicted molar refractivity (Wildman–Crippen MR) is 280 cm³/mol. The zero-order valence-electron chi connectivity index (χ0n) is 40.4. The largest absolute Gasteiger partial charge is 0.394 e. The maximum Gasteiger partial charge on any atom is 0.261 e. The standard InChI is InChI=1S/C52H53N14O6PS/c1-64(2)32-60-47-45-49(56-30-54-47)65(33-58-45)43-26-39(62-52(36-18-9-4-10-19-36,37-20-11-5-12-21-37)38-22-13-6-14-23-38)42(72-43)29-70-73(74,69-25-15-24-53)63-40-27-44(71-41(40)28-67)66-34-59-46-48(55-31-57-50(46)66)61-51(68)35-16-7-3-8-17-35/h3-14,16-23,30-34,39-44,62,67H,15,25-29H2,1-2H3,(H,63,74)(H,55,57,61,68)/b60-32-/t39-,40-,41?,42?,43-,44-,73?/m1/s1. The smallest absolute Gasteiger partial charge is 0.261 e. The number of ether oxygens (including phenoxy) is 2. The van der Waals surface area contributed by atoms with E-state index < -0.39 is 48.9 Å². The third-order valence-electron chi connectivity index (χ3n) is 12.9. The maximum absolute atomic E-state index is 13.1. The molecule has 4 aromatic heterocycles. The average molecular weight is 1030 g/mol. The summed E-state index contributed by atoms with van der Waals surface area (Å²) >= 11 is 6.31. The van der Waals surface area contributed by atoms with Crippen molar-refractivity contribution in [2.24, 2.45) is 4.99 Å². The highest BCUT2D eigenvalue weighted by Crippen LogP contribution is 2.49. The first-order valence-corrected chi connectivity index (χ1v) is 26.6. The van der Waals surface area contributed by atoms with Crippen molar-refractivity contribution in [3.8, 4) is 6.07 Å². The molecule has 0 bridgehead atoms. The molecule has 8 aromatic rings. The molecule has 0 saturated carbocycles. The number of hydrogen-bond acceptors (Lipinski definition) is 16. The molecule has 0 radical (unpaired) electrons. The van der Waals surface area contributed by atoms with E-state index in [-0.39, 0.29) is 44.4 Å². The quantitative estimate of drug-likeness (QED) is 0.0202. The summed E-state index contributed by atoms with van der Waals surface area (Å²) in [6, 6.07) is 40.8. The number of carbonyl (C=O) groups is 1. The number of rotatable bonds is 20. The van der Waals surface area contributed by atoms with E-state index in [2.05, 4.69) is 88.1 Å². The molecule has 0 spiro atoms. The predicted octanol–water partition coefficient (Wildman–Crippen LogP) is 6.79. The van der Waals surface area contributed by atoms with E-state index in [0.29, 0.717) is 40.1 Å². The second-order valence-corrected chi connectivity index (χ2v) is 21.1. The van der Waals surface area contributed by atoms with Gasteiger partial charge in [0.1, 0.15) is 25.1 Å². The molecular formula is C52H53N14O6PS. The van der Waals surface area contributed by atoms with Crippen LogP contribution < -0.4 is 15.7 Å². The Morgan fingerprint density at radius 1 is 0.797 bits per heavy atom. The normalized spacial score (nSPS) is 20.7. The fourth-order valence-electron chi connectivity index (χ4n) is 9.44. The number of benzene rings is 4. The van der Waals surface area contributed by atoms with Gasteiger partial charge in [0.2, 0.25) is 0 Å². The van der Waals surface area contributed by atoms with Crippen LogP contribution in [0.25, 0.3) is 22.3 Å². The van der Waals surface area contributed by atoms with Gasteiger partial charge in [-0.05, 0) is 40.6 Å². The molecule has 20 nitrogen and oxygen atoms in total. The van der Waals surface area contributed by atoms with Crippen LogP contribution in [0.2, 0.25) is 0 Å². The molecule has 3 unspecified atom stereocenters. The first-order valence-electron chi connectivity index (χ1n) is 24.0. The monoisotopic (exact) mass is 1030 g/mol. The van der Waals surface area contributed by atoms with Gasteiger partial charge >= 0.3 is 0 Å². The first kappa shape index (κ1) is 50.3. The molecule has 4 N–H and O–H groups in total. The van der Waals surface area contributed by atoms with Crippen LogP contribution in [-0.2, 0) is 35.9 Å². The summed E-state index contributed by atoms with van der Waals surface area (Å²) in [6.07, 6.45) is 5.78. The number of hydrogen-bond donors (Lipinski definition) is 4. The van der Waals surface area contributed by atoms with Crippen molar-refractivity contribution in [3.05, 3.63) is 169 Å². The SMILES string of the molecule is CN(C)/C=N\c1ncnc2c1ncn2[C@H]1C[C@@H](NC(c2ccccc2)(c2ccccc2)c2ccccc2)C(COP(=S)(N[C@@H]2C[C@H](n3cnc4c(NC(=O)c5ccccc5)ncnc43)OC2CO)OCCC#N)O1. The second kappa shape index (κ2) is 22.5. The van der Waals surface area contributed by atoms with Gasteiger partial charge in [-0.25, -0.2) is 40.0 Å². The van der Waals surface area contributed by atoms with Crippen LogP contribution in [-0.4, -0.2) is 119 Å². The topological polar surface area (TPSA) is 237 Å². The average Bonchev–Trinajstić information content (AvgIpc) is 4.26. The Balaban J connectivity index is 0.962. The van der Waals surface area contributed by atoms with Gasteiger partial charge in [0.25, 0.3) is 12.5 Å². The van der Waals surface area contributed by atoms with Gasteiger partial charge in [-0.2, -0.15) is 5.26 Å². The third-order valence-corrected chi connectivity index (χ3v) is 15.5. The molecule has 2 fully saturated rings. The molecule has 4 aromatic carbocycles. The summed E-state index contributed by atoms with van der Waals surface area (Å²) in [5.74, 6) is 0.297. The summed E-state index contributed by atoms with van der Waals surface area (Å²) in [5, 5.41) is 30.8. The van der Waals surface area contributed by atoms with Gasteiger partial charge in [0.05, 0.1) is 69.1 Å². The van der Waals surface area contributed by atoms with Crippen LogP contribution in [0.4, 0.5) is 11.6 Å². The van der Waals surface area contributed by atoms with Crippen molar-refractivity contribution >= 4 is 64.7 Å². The molecule has 1 amide bonds. The second-order valence-electron chi connectivity index (χ2n) is 17.9. The van der Waals surface area contributed by atoms with Crippen LogP contribution in [0.15, 0.2) is 152 Å². The highest BCUT2D eigenvalue weighted by molar-refractivity contribution is 8.09. The Morgan fingerprint density at radius 3 is 1.95 bits per heavy atom. The van der Waals surface area contributed by atoms with E-state index in [1.165, 1.54) is 12.7 Å². The minimum absolute atomic E-state index is 0.0174. The first-order chi connectivity index (χ1) is 36.2. The van der Waals surface area contributed by atoms with Crippen molar-refractivity contribution in [1.82, 2.24) is 54.3 Å². The number of amides is 1. The summed E-state index contributed by atoms with van der Waals surface area (Å²) in [5.41, 5.74) is 4.41. The van der Waals surface area contributed by atoms with Crippen LogP contribution in [0.1, 0.15) is 58.8 Å². The van der Waals surface area contributed by atoms with Crippen molar-refractivity contribution in [2.45, 2.75) is 61.5 Å². The number of fused-ring (bicyclic) bond motifs is 2. The Kier molecular flexibility index (Phi) is 15.3. The molecule has 6 heterocycles. The molecule has 2 aliphatic heterocycles. The fourth-order valence-corrected chi connectivity index (χ4v) is 11.8. The van der Waals surface area contributed by atoms with Gasteiger partial charge in [-0.1, -0.05) is 109 Å². The van der Waals surface area contributed by atoms with Crippen molar-refractivity contribution in [1.29, 1.82) is 5.26 Å². The molecule has 7 atom stereocenters. The van der Waals surface area contributed by atoms with E-state index in [9.17, 15) is 15.2 Å².